The molecule has 0 amide bonds. The van der Waals surface area contributed by atoms with E-state index in [9.17, 15) is 5.11 Å². The van der Waals surface area contributed by atoms with E-state index in [0.717, 1.165) is 45.2 Å². The van der Waals surface area contributed by atoms with Crippen molar-refractivity contribution in [2.24, 2.45) is 10.9 Å². The van der Waals surface area contributed by atoms with Gasteiger partial charge in [0.2, 0.25) is 0 Å². The fraction of sp³-hybridized carbons (Fsp3) is 0.667. The number of aliphatic hydroxyl groups excluding tert-OH is 1. The molecule has 2 rings (SSSR count). The highest BCUT2D eigenvalue weighted by Crippen LogP contribution is 2.29. The average molecular weight is 520 g/mol. The smallest absolute Gasteiger partial charge is 0.194 e. The molecule has 0 aliphatic carbocycles. The molecular formula is C21H37IN4O3. The third-order valence-corrected chi connectivity index (χ3v) is 4.84. The van der Waals surface area contributed by atoms with Gasteiger partial charge in [-0.1, -0.05) is 13.8 Å². The summed E-state index contributed by atoms with van der Waals surface area (Å²) in [5.74, 6) is 2.86. The molecule has 1 saturated heterocycles. The second-order valence-electron chi connectivity index (χ2n) is 7.50. The van der Waals surface area contributed by atoms with Crippen LogP contribution in [-0.2, 0) is 0 Å². The lowest BCUT2D eigenvalue weighted by Gasteiger charge is -2.37. The van der Waals surface area contributed by atoms with Crippen LogP contribution in [0.15, 0.2) is 23.2 Å². The van der Waals surface area contributed by atoms with Gasteiger partial charge in [0.1, 0.15) is 17.6 Å². The van der Waals surface area contributed by atoms with Crippen LogP contribution in [-0.4, -0.2) is 80.9 Å². The monoisotopic (exact) mass is 520 g/mol. The van der Waals surface area contributed by atoms with E-state index in [1.807, 2.05) is 6.07 Å². The van der Waals surface area contributed by atoms with Crippen LogP contribution in [0.4, 0.5) is 0 Å². The van der Waals surface area contributed by atoms with Gasteiger partial charge in [0, 0.05) is 44.8 Å². The van der Waals surface area contributed by atoms with Crippen LogP contribution in [0.2, 0.25) is 0 Å². The number of aliphatic imine (C=N–C) groups is 1. The molecule has 8 heteroatoms. The zero-order valence-electron chi connectivity index (χ0n) is 18.4. The standard InChI is InChI=1S/C21H36N4O3.HI/c1-6-22-21(25-11-9-24(10-12-25)15-16(2)3)23-14-19(26)18-13-17(27-4)7-8-20(18)28-5;/h7-8,13,16,19,26H,6,9-12,14-15H2,1-5H3,(H,22,23);1H. The Balaban J connectivity index is 0.00000420. The average Bonchev–Trinajstić information content (AvgIpc) is 2.70. The molecule has 1 aromatic rings. The number of rotatable bonds is 8. The summed E-state index contributed by atoms with van der Waals surface area (Å²) in [6.45, 7) is 12.7. The summed E-state index contributed by atoms with van der Waals surface area (Å²) in [5, 5.41) is 14.1. The highest BCUT2D eigenvalue weighted by Gasteiger charge is 2.21. The zero-order chi connectivity index (χ0) is 20.5. The lowest BCUT2D eigenvalue weighted by Crippen LogP contribution is -2.53. The van der Waals surface area contributed by atoms with Crippen molar-refractivity contribution in [3.8, 4) is 11.5 Å². The first-order valence-electron chi connectivity index (χ1n) is 10.1. The molecule has 0 saturated carbocycles. The number of aliphatic hydroxyl groups is 1. The van der Waals surface area contributed by atoms with E-state index in [-0.39, 0.29) is 30.5 Å². The van der Waals surface area contributed by atoms with Crippen LogP contribution in [0.3, 0.4) is 0 Å². The Morgan fingerprint density at radius 1 is 1.17 bits per heavy atom. The molecule has 0 spiro atoms. The highest BCUT2D eigenvalue weighted by molar-refractivity contribution is 14.0. The lowest BCUT2D eigenvalue weighted by atomic mass is 10.1. The van der Waals surface area contributed by atoms with Gasteiger partial charge in [-0.25, -0.2) is 0 Å². The molecular weight excluding hydrogens is 483 g/mol. The van der Waals surface area contributed by atoms with E-state index in [2.05, 4.69) is 35.9 Å². The minimum atomic E-state index is -0.763. The predicted octanol–water partition coefficient (Wildman–Crippen LogP) is 2.59. The van der Waals surface area contributed by atoms with E-state index >= 15 is 0 Å². The second-order valence-corrected chi connectivity index (χ2v) is 7.50. The number of halogens is 1. The molecule has 1 heterocycles. The number of nitrogens with zero attached hydrogens (tertiary/aromatic N) is 3. The molecule has 1 aliphatic heterocycles. The van der Waals surface area contributed by atoms with Crippen molar-refractivity contribution in [1.29, 1.82) is 0 Å². The topological polar surface area (TPSA) is 69.6 Å². The van der Waals surface area contributed by atoms with Crippen molar-refractivity contribution < 1.29 is 14.6 Å². The quantitative estimate of drug-likeness (QED) is 0.312. The van der Waals surface area contributed by atoms with Gasteiger partial charge in [0.15, 0.2) is 5.96 Å². The summed E-state index contributed by atoms with van der Waals surface area (Å²) in [7, 11) is 3.21. The van der Waals surface area contributed by atoms with E-state index in [0.29, 0.717) is 23.0 Å². The van der Waals surface area contributed by atoms with Gasteiger partial charge in [0.25, 0.3) is 0 Å². The number of guanidine groups is 1. The minimum Gasteiger partial charge on any atom is -0.497 e. The number of hydrogen-bond acceptors (Lipinski definition) is 5. The zero-order valence-corrected chi connectivity index (χ0v) is 20.7. The van der Waals surface area contributed by atoms with Gasteiger partial charge >= 0.3 is 0 Å². The Bertz CT molecular complexity index is 634. The fourth-order valence-electron chi connectivity index (χ4n) is 3.46. The molecule has 0 radical (unpaired) electrons. The Morgan fingerprint density at radius 3 is 2.41 bits per heavy atom. The Labute approximate surface area is 192 Å². The normalized spacial score (nSPS) is 16.4. The third-order valence-electron chi connectivity index (χ3n) is 4.84. The molecule has 0 bridgehead atoms. The lowest BCUT2D eigenvalue weighted by molar-refractivity contribution is 0.161. The fourth-order valence-corrected chi connectivity index (χ4v) is 3.46. The first kappa shape index (κ1) is 25.8. The van der Waals surface area contributed by atoms with Crippen molar-refractivity contribution in [3.05, 3.63) is 23.8 Å². The SMILES string of the molecule is CCNC(=NCC(O)c1cc(OC)ccc1OC)N1CCN(CC(C)C)CC1.I. The van der Waals surface area contributed by atoms with Crippen LogP contribution >= 0.6 is 24.0 Å². The van der Waals surface area contributed by atoms with E-state index in [4.69, 9.17) is 14.5 Å². The first-order chi connectivity index (χ1) is 13.5. The van der Waals surface area contributed by atoms with Crippen LogP contribution in [0.5, 0.6) is 11.5 Å². The maximum absolute atomic E-state index is 10.7. The summed E-state index contributed by atoms with van der Waals surface area (Å²) in [4.78, 5) is 9.47. The summed E-state index contributed by atoms with van der Waals surface area (Å²) in [6, 6.07) is 5.43. The van der Waals surface area contributed by atoms with Gasteiger partial charge in [-0.15, -0.1) is 24.0 Å². The Hall–Kier alpha value is -1.26. The van der Waals surface area contributed by atoms with Gasteiger partial charge < -0.3 is 24.8 Å². The van der Waals surface area contributed by atoms with Crippen molar-refractivity contribution in [2.45, 2.75) is 26.9 Å². The first-order valence-corrected chi connectivity index (χ1v) is 10.1. The largest absolute Gasteiger partial charge is 0.497 e. The number of hydrogen-bond donors (Lipinski definition) is 2. The number of benzene rings is 1. The third kappa shape index (κ3) is 7.82. The van der Waals surface area contributed by atoms with Crippen LogP contribution in [0.1, 0.15) is 32.4 Å². The van der Waals surface area contributed by atoms with Crippen molar-refractivity contribution >= 4 is 29.9 Å². The number of nitrogens with one attached hydrogen (secondary N) is 1. The Morgan fingerprint density at radius 2 is 1.86 bits per heavy atom. The molecule has 1 aromatic carbocycles. The highest BCUT2D eigenvalue weighted by atomic mass is 127. The van der Waals surface area contributed by atoms with Crippen molar-refractivity contribution in [2.75, 3.05) is 60.0 Å². The number of piperazine rings is 1. The van der Waals surface area contributed by atoms with E-state index in [1.165, 1.54) is 0 Å². The molecule has 1 fully saturated rings. The molecule has 1 atom stereocenters. The summed E-state index contributed by atoms with van der Waals surface area (Å²) >= 11 is 0. The number of ether oxygens (including phenoxy) is 2. The molecule has 1 unspecified atom stereocenters. The van der Waals surface area contributed by atoms with Crippen LogP contribution < -0.4 is 14.8 Å². The molecule has 2 N–H and O–H groups in total. The minimum absolute atomic E-state index is 0. The summed E-state index contributed by atoms with van der Waals surface area (Å²) < 4.78 is 10.7. The molecule has 7 nitrogen and oxygen atoms in total. The van der Waals surface area contributed by atoms with Gasteiger partial charge in [-0.3, -0.25) is 9.89 Å². The summed E-state index contributed by atoms with van der Waals surface area (Å²) in [5.41, 5.74) is 0.684. The summed E-state index contributed by atoms with van der Waals surface area (Å²) in [6.07, 6.45) is -0.763. The van der Waals surface area contributed by atoms with E-state index in [1.54, 1.807) is 26.4 Å². The molecule has 0 aromatic heterocycles. The maximum Gasteiger partial charge on any atom is 0.194 e. The van der Waals surface area contributed by atoms with E-state index < -0.39 is 6.10 Å². The van der Waals surface area contributed by atoms with Crippen LogP contribution in [0, 0.1) is 5.92 Å². The maximum atomic E-state index is 10.7. The number of methoxy groups -OCH3 is 2. The van der Waals surface area contributed by atoms with Gasteiger partial charge in [0.05, 0.1) is 20.8 Å². The van der Waals surface area contributed by atoms with Gasteiger partial charge in [-0.05, 0) is 31.0 Å². The van der Waals surface area contributed by atoms with Gasteiger partial charge in [-0.2, -0.15) is 0 Å². The predicted molar refractivity (Wildman–Crippen MR) is 129 cm³/mol. The Kier molecular flexibility index (Phi) is 11.7. The van der Waals surface area contributed by atoms with Crippen LogP contribution in [0.25, 0.3) is 0 Å². The molecule has 29 heavy (non-hydrogen) atoms. The molecule has 166 valence electrons. The van der Waals surface area contributed by atoms with Crippen molar-refractivity contribution in [3.63, 3.8) is 0 Å². The second kappa shape index (κ2) is 13.1. The molecule has 1 aliphatic rings. The van der Waals surface area contributed by atoms with Crippen molar-refractivity contribution in [1.82, 2.24) is 15.1 Å².